The number of methoxy groups -OCH3 is 1. The van der Waals surface area contributed by atoms with Crippen molar-refractivity contribution in [1.29, 1.82) is 0 Å². The van der Waals surface area contributed by atoms with Crippen LogP contribution in [0.5, 0.6) is 11.5 Å². The molecule has 0 radical (unpaired) electrons. The molecule has 0 spiro atoms. The number of nitrogens with one attached hydrogen (secondary N) is 1. The van der Waals surface area contributed by atoms with E-state index in [1.807, 2.05) is 0 Å². The van der Waals surface area contributed by atoms with Crippen LogP contribution in [0, 0.1) is 0 Å². The van der Waals surface area contributed by atoms with Gasteiger partial charge in [-0.25, -0.2) is 9.69 Å². The Bertz CT molecular complexity index is 1010. The number of carbonyl (C=O) groups is 3. The fourth-order valence-corrected chi connectivity index (χ4v) is 2.94. The number of halogens is 1. The first kappa shape index (κ1) is 20.3. The molecule has 2 aromatic carbocycles. The van der Waals surface area contributed by atoms with Gasteiger partial charge in [0.05, 0.1) is 12.8 Å². The highest BCUT2D eigenvalue weighted by Crippen LogP contribution is 2.29. The molecular weight excluding hydrogens is 440 g/mol. The predicted octanol–water partition coefficient (Wildman–Crippen LogP) is 3.69. The topological polar surface area (TPSA) is 84.9 Å². The van der Waals surface area contributed by atoms with E-state index in [-0.39, 0.29) is 12.2 Å². The molecule has 0 aliphatic carbocycles. The first-order chi connectivity index (χ1) is 13.9. The second kappa shape index (κ2) is 8.74. The van der Waals surface area contributed by atoms with Crippen LogP contribution in [0.1, 0.15) is 5.56 Å². The number of ether oxygens (including phenoxy) is 2. The summed E-state index contributed by atoms with van der Waals surface area (Å²) in [5, 5.41) is 2.19. The number of urea groups is 1. The number of barbiturate groups is 1. The number of benzene rings is 2. The zero-order valence-electron chi connectivity index (χ0n) is 15.5. The highest BCUT2D eigenvalue weighted by atomic mass is 79.9. The minimum absolute atomic E-state index is 0.193. The van der Waals surface area contributed by atoms with Crippen LogP contribution in [0.15, 0.2) is 65.2 Å². The number of amides is 4. The maximum atomic E-state index is 13.0. The van der Waals surface area contributed by atoms with Gasteiger partial charge in [-0.15, -0.1) is 0 Å². The number of hydrogen-bond donors (Lipinski definition) is 1. The van der Waals surface area contributed by atoms with Gasteiger partial charge in [0.1, 0.15) is 23.7 Å². The van der Waals surface area contributed by atoms with Gasteiger partial charge in [-0.3, -0.25) is 14.9 Å². The Balaban J connectivity index is 2.02. The summed E-state index contributed by atoms with van der Waals surface area (Å²) in [5.74, 6) is -0.549. The molecule has 1 saturated heterocycles. The smallest absolute Gasteiger partial charge is 0.335 e. The molecule has 0 unspecified atom stereocenters. The third-order valence-corrected chi connectivity index (χ3v) is 4.59. The molecule has 148 valence electrons. The normalized spacial score (nSPS) is 15.3. The largest absolute Gasteiger partial charge is 0.497 e. The van der Waals surface area contributed by atoms with Crippen LogP contribution in [-0.2, 0) is 9.59 Å². The molecule has 0 bridgehead atoms. The molecule has 7 nitrogen and oxygen atoms in total. The predicted molar refractivity (Wildman–Crippen MR) is 112 cm³/mol. The van der Waals surface area contributed by atoms with Gasteiger partial charge in [0, 0.05) is 16.1 Å². The fourth-order valence-electron chi connectivity index (χ4n) is 2.67. The van der Waals surface area contributed by atoms with E-state index in [2.05, 4.69) is 27.8 Å². The molecule has 1 fully saturated rings. The van der Waals surface area contributed by atoms with E-state index < -0.39 is 17.8 Å². The maximum absolute atomic E-state index is 13.0. The number of nitrogens with zero attached hydrogens (tertiary/aromatic N) is 1. The van der Waals surface area contributed by atoms with Crippen LogP contribution in [0.2, 0.25) is 0 Å². The summed E-state index contributed by atoms with van der Waals surface area (Å²) in [4.78, 5) is 38.5. The molecule has 4 amide bonds. The van der Waals surface area contributed by atoms with Gasteiger partial charge >= 0.3 is 6.03 Å². The van der Waals surface area contributed by atoms with Gasteiger partial charge < -0.3 is 9.47 Å². The van der Waals surface area contributed by atoms with E-state index in [9.17, 15) is 14.4 Å². The summed E-state index contributed by atoms with van der Waals surface area (Å²) in [5.41, 5.74) is 0.629. The lowest BCUT2D eigenvalue weighted by atomic mass is 10.1. The second-order valence-electron chi connectivity index (χ2n) is 5.94. The average molecular weight is 457 g/mol. The van der Waals surface area contributed by atoms with E-state index in [0.29, 0.717) is 22.7 Å². The van der Waals surface area contributed by atoms with Crippen molar-refractivity contribution in [2.45, 2.75) is 0 Å². The molecule has 8 heteroatoms. The van der Waals surface area contributed by atoms with Crippen LogP contribution < -0.4 is 19.7 Å². The third kappa shape index (κ3) is 4.38. The van der Waals surface area contributed by atoms with Crippen molar-refractivity contribution >= 4 is 45.5 Å². The van der Waals surface area contributed by atoms with Crippen molar-refractivity contribution in [2.24, 2.45) is 0 Å². The van der Waals surface area contributed by atoms with Crippen LogP contribution in [0.3, 0.4) is 0 Å². The first-order valence-electron chi connectivity index (χ1n) is 8.53. The van der Waals surface area contributed by atoms with Crippen LogP contribution in [-0.4, -0.2) is 31.6 Å². The minimum atomic E-state index is -0.808. The summed E-state index contributed by atoms with van der Waals surface area (Å²) >= 11 is 3.31. The molecule has 1 N–H and O–H groups in total. The van der Waals surface area contributed by atoms with Gasteiger partial charge in [0.15, 0.2) is 0 Å². The monoisotopic (exact) mass is 456 g/mol. The summed E-state index contributed by atoms with van der Waals surface area (Å²) < 4.78 is 11.6. The second-order valence-corrected chi connectivity index (χ2v) is 6.85. The van der Waals surface area contributed by atoms with Crippen LogP contribution in [0.4, 0.5) is 10.5 Å². The Morgan fingerprint density at radius 2 is 1.86 bits per heavy atom. The van der Waals surface area contributed by atoms with Crippen LogP contribution >= 0.6 is 15.9 Å². The van der Waals surface area contributed by atoms with Gasteiger partial charge in [0.25, 0.3) is 11.8 Å². The molecule has 0 atom stereocenters. The number of carbonyl (C=O) groups excluding carboxylic acids is 3. The van der Waals surface area contributed by atoms with E-state index in [0.717, 1.165) is 9.37 Å². The Kier molecular flexibility index (Phi) is 6.13. The lowest BCUT2D eigenvalue weighted by Gasteiger charge is -2.26. The molecule has 1 heterocycles. The molecule has 0 aromatic heterocycles. The van der Waals surface area contributed by atoms with Crippen LogP contribution in [0.25, 0.3) is 6.08 Å². The molecule has 1 aliphatic rings. The lowest BCUT2D eigenvalue weighted by molar-refractivity contribution is -0.122. The van der Waals surface area contributed by atoms with E-state index in [4.69, 9.17) is 9.47 Å². The maximum Gasteiger partial charge on any atom is 0.335 e. The summed E-state index contributed by atoms with van der Waals surface area (Å²) in [6.45, 7) is 3.84. The standard InChI is InChI=1S/C21H17BrN2O5/c1-3-10-29-18-12-16(28-2)9-4-13(18)11-17-19(25)23-21(27)24(20(17)26)15-7-5-14(22)6-8-15/h3-9,11-12H,1,10H2,2H3,(H,23,25,27)/b17-11+. The Morgan fingerprint density at radius 3 is 2.52 bits per heavy atom. The number of hydrogen-bond acceptors (Lipinski definition) is 5. The van der Waals surface area contributed by atoms with Gasteiger partial charge in [-0.2, -0.15) is 0 Å². The van der Waals surface area contributed by atoms with Crippen molar-refractivity contribution in [3.8, 4) is 11.5 Å². The zero-order chi connectivity index (χ0) is 21.0. The summed E-state index contributed by atoms with van der Waals surface area (Å²) in [7, 11) is 1.52. The minimum Gasteiger partial charge on any atom is -0.497 e. The van der Waals surface area contributed by atoms with E-state index in [1.54, 1.807) is 48.5 Å². The van der Waals surface area contributed by atoms with Gasteiger partial charge in [-0.05, 0) is 42.5 Å². The van der Waals surface area contributed by atoms with Gasteiger partial charge in [0.2, 0.25) is 0 Å². The van der Waals surface area contributed by atoms with E-state index >= 15 is 0 Å². The highest BCUT2D eigenvalue weighted by molar-refractivity contribution is 9.10. The summed E-state index contributed by atoms with van der Waals surface area (Å²) in [6, 6.07) is 10.8. The van der Waals surface area contributed by atoms with E-state index in [1.165, 1.54) is 13.2 Å². The third-order valence-electron chi connectivity index (χ3n) is 4.06. The number of anilines is 1. The number of rotatable bonds is 6. The Labute approximate surface area is 175 Å². The lowest BCUT2D eigenvalue weighted by Crippen LogP contribution is -2.54. The van der Waals surface area contributed by atoms with Crippen molar-refractivity contribution in [3.63, 3.8) is 0 Å². The quantitative estimate of drug-likeness (QED) is 0.407. The fraction of sp³-hybridized carbons (Fsp3) is 0.0952. The first-order valence-corrected chi connectivity index (χ1v) is 9.32. The summed E-state index contributed by atoms with van der Waals surface area (Å²) in [6.07, 6.45) is 2.95. The zero-order valence-corrected chi connectivity index (χ0v) is 17.1. The molecule has 3 rings (SSSR count). The molecule has 0 saturated carbocycles. The molecular formula is C21H17BrN2O5. The highest BCUT2D eigenvalue weighted by Gasteiger charge is 2.36. The Hall–Kier alpha value is -3.39. The van der Waals surface area contributed by atoms with Crippen molar-refractivity contribution in [1.82, 2.24) is 5.32 Å². The van der Waals surface area contributed by atoms with Gasteiger partial charge in [-0.1, -0.05) is 28.6 Å². The molecule has 29 heavy (non-hydrogen) atoms. The number of imide groups is 2. The molecule has 1 aliphatic heterocycles. The Morgan fingerprint density at radius 1 is 1.14 bits per heavy atom. The molecule has 2 aromatic rings. The van der Waals surface area contributed by atoms with Crippen molar-refractivity contribution < 1.29 is 23.9 Å². The average Bonchev–Trinajstić information content (AvgIpc) is 2.71. The van der Waals surface area contributed by atoms with Crippen molar-refractivity contribution in [3.05, 3.63) is 70.7 Å². The van der Waals surface area contributed by atoms with Crippen molar-refractivity contribution in [2.75, 3.05) is 18.6 Å². The SMILES string of the molecule is C=CCOc1cc(OC)ccc1/C=C1\C(=O)NC(=O)N(c2ccc(Br)cc2)C1=O.